The molecule has 0 N–H and O–H groups in total. The molecule has 3 aromatic heterocycles. The SMILES string of the molecule is CCCCc1cc(-c2nc(-c3ccccc3)nc(-c3ccccc3)n2)cc(-n2c3ccccc3c3ccc4c5ccccc5n(-c5ccccc5)c4c32)c1. The lowest BCUT2D eigenvalue weighted by Gasteiger charge is -2.15. The van der Waals surface area contributed by atoms with Crippen LogP contribution in [0.25, 0.3) is 89.2 Å². The average molecular weight is 696 g/mol. The van der Waals surface area contributed by atoms with Crippen LogP contribution in [0.1, 0.15) is 25.3 Å². The van der Waals surface area contributed by atoms with Gasteiger partial charge in [-0.1, -0.05) is 141 Å². The second-order valence-electron chi connectivity index (χ2n) is 13.9. The van der Waals surface area contributed by atoms with Gasteiger partial charge in [0.2, 0.25) is 0 Å². The predicted octanol–water partition coefficient (Wildman–Crippen LogP) is 12.4. The van der Waals surface area contributed by atoms with Crippen molar-refractivity contribution < 1.29 is 0 Å². The summed E-state index contributed by atoms with van der Waals surface area (Å²) in [6, 6.07) is 60.2. The van der Waals surface area contributed by atoms with Gasteiger partial charge in [0, 0.05) is 49.6 Å². The van der Waals surface area contributed by atoms with E-state index in [-0.39, 0.29) is 0 Å². The second kappa shape index (κ2) is 13.3. The highest BCUT2D eigenvalue weighted by molar-refractivity contribution is 6.23. The fraction of sp³-hybridized carbons (Fsp3) is 0.0816. The Morgan fingerprint density at radius 3 is 1.41 bits per heavy atom. The molecular formula is C49H37N5. The summed E-state index contributed by atoms with van der Waals surface area (Å²) in [4.78, 5) is 15.3. The Kier molecular flexibility index (Phi) is 7.84. The van der Waals surface area contributed by atoms with Gasteiger partial charge in [-0.3, -0.25) is 0 Å². The summed E-state index contributed by atoms with van der Waals surface area (Å²) in [5.74, 6) is 1.98. The summed E-state index contributed by atoms with van der Waals surface area (Å²) in [6.45, 7) is 2.25. The van der Waals surface area contributed by atoms with Crippen molar-refractivity contribution in [2.75, 3.05) is 0 Å². The van der Waals surface area contributed by atoms with Gasteiger partial charge in [0.1, 0.15) is 0 Å². The van der Waals surface area contributed by atoms with Crippen LogP contribution in [0.4, 0.5) is 0 Å². The van der Waals surface area contributed by atoms with Crippen molar-refractivity contribution in [3.63, 3.8) is 0 Å². The van der Waals surface area contributed by atoms with Crippen LogP contribution in [0, 0.1) is 0 Å². The Bertz CT molecular complexity index is 2900. The molecular weight excluding hydrogens is 659 g/mol. The molecule has 0 aliphatic rings. The van der Waals surface area contributed by atoms with Crippen LogP contribution in [0.15, 0.2) is 170 Å². The summed E-state index contributed by atoms with van der Waals surface area (Å²) in [7, 11) is 0. The van der Waals surface area contributed by atoms with Gasteiger partial charge in [-0.25, -0.2) is 15.0 Å². The van der Waals surface area contributed by atoms with Crippen molar-refractivity contribution in [1.29, 1.82) is 0 Å². The summed E-state index contributed by atoms with van der Waals surface area (Å²) in [6.07, 6.45) is 3.15. The van der Waals surface area contributed by atoms with Crippen molar-refractivity contribution in [3.8, 4) is 45.5 Å². The number of unbranched alkanes of at least 4 members (excludes halogenated alkanes) is 1. The van der Waals surface area contributed by atoms with E-state index >= 15 is 0 Å². The number of rotatable bonds is 8. The van der Waals surface area contributed by atoms with Gasteiger partial charge in [0.25, 0.3) is 0 Å². The number of aryl methyl sites for hydroxylation is 1. The highest BCUT2D eigenvalue weighted by Gasteiger charge is 2.22. The second-order valence-corrected chi connectivity index (χ2v) is 13.9. The normalized spacial score (nSPS) is 11.6. The quantitative estimate of drug-likeness (QED) is 0.159. The molecule has 0 atom stereocenters. The van der Waals surface area contributed by atoms with Crippen LogP contribution in [0.3, 0.4) is 0 Å². The number of para-hydroxylation sites is 3. The van der Waals surface area contributed by atoms with Crippen molar-refractivity contribution in [2.45, 2.75) is 26.2 Å². The Hall–Kier alpha value is -6.85. The third-order valence-corrected chi connectivity index (χ3v) is 10.5. The van der Waals surface area contributed by atoms with Crippen LogP contribution in [0.5, 0.6) is 0 Å². The highest BCUT2D eigenvalue weighted by atomic mass is 15.1. The Morgan fingerprint density at radius 1 is 0.407 bits per heavy atom. The third kappa shape index (κ3) is 5.36. The first-order valence-electron chi connectivity index (χ1n) is 18.8. The fourth-order valence-corrected chi connectivity index (χ4v) is 8.01. The number of aromatic nitrogens is 5. The zero-order valence-electron chi connectivity index (χ0n) is 30.0. The number of hydrogen-bond acceptors (Lipinski definition) is 3. The predicted molar refractivity (Wildman–Crippen MR) is 223 cm³/mol. The number of fused-ring (bicyclic) bond motifs is 7. The standard InChI is InChI=1S/C49H37N5/c1-2-3-17-33-30-36(49-51-47(34-18-7-4-8-19-34)50-48(52-49)35-20-9-5-10-21-35)32-38(31-33)54-44-27-16-14-25-40(44)42-29-28-41-39-24-13-15-26-43(39)53(45(41)46(42)54)37-22-11-6-12-23-37/h4-16,18-32H,2-3,17H2,1H3. The van der Waals surface area contributed by atoms with Gasteiger partial charge in [-0.2, -0.15) is 0 Å². The molecule has 0 radical (unpaired) electrons. The van der Waals surface area contributed by atoms with Gasteiger partial charge in [0.15, 0.2) is 17.5 Å². The Labute approximate surface area is 313 Å². The van der Waals surface area contributed by atoms with Crippen molar-refractivity contribution in [1.82, 2.24) is 24.1 Å². The molecule has 3 heterocycles. The van der Waals surface area contributed by atoms with E-state index in [2.05, 4.69) is 150 Å². The third-order valence-electron chi connectivity index (χ3n) is 10.5. The maximum atomic E-state index is 5.16. The molecule has 0 unspecified atom stereocenters. The lowest BCUT2D eigenvalue weighted by atomic mass is 10.0. The molecule has 0 bridgehead atoms. The largest absolute Gasteiger partial charge is 0.307 e. The Morgan fingerprint density at radius 2 is 0.870 bits per heavy atom. The first-order chi connectivity index (χ1) is 26.7. The van der Waals surface area contributed by atoms with Crippen LogP contribution in [-0.4, -0.2) is 24.1 Å². The van der Waals surface area contributed by atoms with Crippen LogP contribution in [0.2, 0.25) is 0 Å². The van der Waals surface area contributed by atoms with E-state index in [4.69, 9.17) is 15.0 Å². The van der Waals surface area contributed by atoms with Crippen molar-refractivity contribution in [2.24, 2.45) is 0 Å². The van der Waals surface area contributed by atoms with Crippen molar-refractivity contribution in [3.05, 3.63) is 175 Å². The van der Waals surface area contributed by atoms with Gasteiger partial charge in [-0.15, -0.1) is 0 Å². The molecule has 10 aromatic rings. The van der Waals surface area contributed by atoms with Gasteiger partial charge >= 0.3 is 0 Å². The van der Waals surface area contributed by atoms with Crippen LogP contribution in [-0.2, 0) is 6.42 Å². The van der Waals surface area contributed by atoms with Gasteiger partial charge in [0.05, 0.1) is 22.1 Å². The smallest absolute Gasteiger partial charge is 0.164 e. The highest BCUT2D eigenvalue weighted by Crippen LogP contribution is 2.42. The maximum Gasteiger partial charge on any atom is 0.164 e. The zero-order valence-corrected chi connectivity index (χ0v) is 30.0. The minimum absolute atomic E-state index is 0.658. The summed E-state index contributed by atoms with van der Waals surface area (Å²) < 4.78 is 4.91. The average Bonchev–Trinajstić information content (AvgIpc) is 3.77. The molecule has 7 aromatic carbocycles. The van der Waals surface area contributed by atoms with E-state index in [0.29, 0.717) is 17.5 Å². The minimum Gasteiger partial charge on any atom is -0.307 e. The molecule has 0 spiro atoms. The van der Waals surface area contributed by atoms with Crippen LogP contribution < -0.4 is 0 Å². The van der Waals surface area contributed by atoms with Gasteiger partial charge < -0.3 is 9.13 Å². The van der Waals surface area contributed by atoms with E-state index in [1.807, 2.05) is 36.4 Å². The molecule has 258 valence electrons. The Balaban J connectivity index is 1.30. The molecule has 0 amide bonds. The molecule has 0 aliphatic heterocycles. The first kappa shape index (κ1) is 31.9. The van der Waals surface area contributed by atoms with E-state index in [1.54, 1.807) is 0 Å². The molecule has 0 saturated heterocycles. The van der Waals surface area contributed by atoms with E-state index < -0.39 is 0 Å². The van der Waals surface area contributed by atoms with Crippen molar-refractivity contribution >= 4 is 43.6 Å². The van der Waals surface area contributed by atoms with Gasteiger partial charge in [-0.05, 0) is 60.9 Å². The number of hydrogen-bond donors (Lipinski definition) is 0. The minimum atomic E-state index is 0.658. The fourth-order valence-electron chi connectivity index (χ4n) is 8.01. The maximum absolute atomic E-state index is 5.16. The number of nitrogens with zero attached hydrogens (tertiary/aromatic N) is 5. The lowest BCUT2D eigenvalue weighted by Crippen LogP contribution is -2.03. The monoisotopic (exact) mass is 695 g/mol. The van der Waals surface area contributed by atoms with E-state index in [9.17, 15) is 0 Å². The summed E-state index contributed by atoms with van der Waals surface area (Å²) in [5.41, 5.74) is 11.1. The summed E-state index contributed by atoms with van der Waals surface area (Å²) in [5, 5.41) is 4.90. The molecule has 0 aliphatic carbocycles. The molecule has 0 fully saturated rings. The van der Waals surface area contributed by atoms with E-state index in [1.165, 1.54) is 43.7 Å². The molecule has 0 saturated carbocycles. The lowest BCUT2D eigenvalue weighted by molar-refractivity contribution is 0.794. The zero-order chi connectivity index (χ0) is 36.0. The topological polar surface area (TPSA) is 48.5 Å². The summed E-state index contributed by atoms with van der Waals surface area (Å²) >= 11 is 0. The molecule has 54 heavy (non-hydrogen) atoms. The molecule has 5 heteroatoms. The molecule has 5 nitrogen and oxygen atoms in total. The van der Waals surface area contributed by atoms with E-state index in [0.717, 1.165) is 52.8 Å². The number of benzene rings is 7. The first-order valence-corrected chi connectivity index (χ1v) is 18.8. The molecule has 10 rings (SSSR count). The van der Waals surface area contributed by atoms with Crippen LogP contribution >= 0.6 is 0 Å².